The summed E-state index contributed by atoms with van der Waals surface area (Å²) in [6.45, 7) is 4.63. The Morgan fingerprint density at radius 1 is 1.47 bits per heavy atom. The van der Waals surface area contributed by atoms with E-state index in [1.165, 1.54) is 13.5 Å². The number of carbonyl (C=O) groups excluding carboxylic acids is 1. The van der Waals surface area contributed by atoms with Crippen molar-refractivity contribution in [2.75, 3.05) is 18.6 Å². The first-order valence-corrected chi connectivity index (χ1v) is 7.45. The van der Waals surface area contributed by atoms with Crippen LogP contribution in [0.4, 0.5) is 0 Å². The Bertz CT molecular complexity index is 303. The van der Waals surface area contributed by atoms with E-state index in [2.05, 4.69) is 18.6 Å². The summed E-state index contributed by atoms with van der Waals surface area (Å²) in [7, 11) is 1.41. The van der Waals surface area contributed by atoms with Crippen LogP contribution in [0.5, 0.6) is 0 Å². The molecule has 2 bridgehead atoms. The zero-order valence-electron chi connectivity index (χ0n) is 10.8. The lowest BCUT2D eigenvalue weighted by atomic mass is 9.45. The van der Waals surface area contributed by atoms with Crippen molar-refractivity contribution >= 4 is 17.7 Å². The Kier molecular flexibility index (Phi) is 3.74. The zero-order valence-corrected chi connectivity index (χ0v) is 11.6. The zero-order chi connectivity index (χ0) is 12.6. The summed E-state index contributed by atoms with van der Waals surface area (Å²) in [6, 6.07) is 0. The van der Waals surface area contributed by atoms with Crippen LogP contribution in [0.3, 0.4) is 0 Å². The highest BCUT2D eigenvalue weighted by Gasteiger charge is 2.57. The number of fused-ring (bicyclic) bond motifs is 2. The Hall–Kier alpha value is -0.220. The molecule has 0 amide bonds. The summed E-state index contributed by atoms with van der Waals surface area (Å²) in [5.41, 5.74) is 0.385. The molecule has 98 valence electrons. The molecule has 3 aliphatic rings. The molecule has 0 aromatic heterocycles. The first-order valence-electron chi connectivity index (χ1n) is 6.29. The van der Waals surface area contributed by atoms with Gasteiger partial charge in [0, 0.05) is 0 Å². The van der Waals surface area contributed by atoms with Gasteiger partial charge < -0.3 is 9.84 Å². The number of esters is 1. The minimum absolute atomic E-state index is 0.170. The molecule has 4 atom stereocenters. The van der Waals surface area contributed by atoms with Crippen LogP contribution < -0.4 is 0 Å². The minimum atomic E-state index is -0.175. The second-order valence-corrected chi connectivity index (χ2v) is 6.95. The van der Waals surface area contributed by atoms with E-state index in [0.29, 0.717) is 28.9 Å². The van der Waals surface area contributed by atoms with Crippen LogP contribution in [-0.4, -0.2) is 35.8 Å². The fraction of sp³-hybridized carbons (Fsp3) is 0.923. The van der Waals surface area contributed by atoms with Gasteiger partial charge in [-0.1, -0.05) is 13.8 Å². The van der Waals surface area contributed by atoms with Crippen molar-refractivity contribution in [2.45, 2.75) is 32.8 Å². The van der Waals surface area contributed by atoms with E-state index in [-0.39, 0.29) is 12.1 Å². The molecule has 0 aliphatic heterocycles. The highest BCUT2D eigenvalue weighted by Crippen LogP contribution is 2.61. The van der Waals surface area contributed by atoms with Crippen LogP contribution in [0.2, 0.25) is 0 Å². The van der Waals surface area contributed by atoms with Crippen LogP contribution in [0.25, 0.3) is 0 Å². The number of ether oxygens (including phenoxy) is 1. The largest absolute Gasteiger partial charge is 0.468 e. The summed E-state index contributed by atoms with van der Waals surface area (Å²) in [5, 5.41) is 10.1. The van der Waals surface area contributed by atoms with E-state index < -0.39 is 0 Å². The van der Waals surface area contributed by atoms with Crippen molar-refractivity contribution in [3.05, 3.63) is 0 Å². The van der Waals surface area contributed by atoms with Crippen molar-refractivity contribution in [1.82, 2.24) is 0 Å². The minimum Gasteiger partial charge on any atom is -0.468 e. The van der Waals surface area contributed by atoms with E-state index >= 15 is 0 Å². The molecule has 4 heteroatoms. The van der Waals surface area contributed by atoms with Gasteiger partial charge in [0.15, 0.2) is 0 Å². The van der Waals surface area contributed by atoms with Crippen LogP contribution in [0, 0.1) is 23.2 Å². The Balaban J connectivity index is 1.85. The molecule has 0 radical (unpaired) electrons. The quantitative estimate of drug-likeness (QED) is 0.783. The number of thioether (sulfide) groups is 1. The van der Waals surface area contributed by atoms with E-state index in [4.69, 9.17) is 0 Å². The van der Waals surface area contributed by atoms with Crippen molar-refractivity contribution in [3.63, 3.8) is 0 Å². The average molecular weight is 258 g/mol. The van der Waals surface area contributed by atoms with Crippen LogP contribution in [0.15, 0.2) is 0 Å². The lowest BCUT2D eigenvalue weighted by molar-refractivity contribution is -0.152. The standard InChI is InChI=1S/C13H22O3S/c1-13(2)8-4-10(13)9(11(14)5-8)6-17-7-12(15)16-3/h8-11,14H,4-7H2,1-3H3/t8-,9?,10+,11+/m1/s1. The molecule has 3 rings (SSSR count). The fourth-order valence-electron chi connectivity index (χ4n) is 3.48. The van der Waals surface area contributed by atoms with Gasteiger partial charge >= 0.3 is 5.97 Å². The summed E-state index contributed by atoms with van der Waals surface area (Å²) in [4.78, 5) is 11.0. The Labute approximate surface area is 107 Å². The Morgan fingerprint density at radius 3 is 2.76 bits per heavy atom. The summed E-state index contributed by atoms with van der Waals surface area (Å²) < 4.78 is 4.62. The lowest BCUT2D eigenvalue weighted by Crippen LogP contribution is -2.58. The van der Waals surface area contributed by atoms with Gasteiger partial charge in [0.05, 0.1) is 19.0 Å². The number of hydrogen-bond acceptors (Lipinski definition) is 4. The molecule has 3 nitrogen and oxygen atoms in total. The fourth-order valence-corrected chi connectivity index (χ4v) is 4.61. The van der Waals surface area contributed by atoms with Crippen molar-refractivity contribution in [2.24, 2.45) is 23.2 Å². The summed E-state index contributed by atoms with van der Waals surface area (Å²) >= 11 is 1.59. The lowest BCUT2D eigenvalue weighted by Gasteiger charge is -2.61. The van der Waals surface area contributed by atoms with Gasteiger partial charge in [0.25, 0.3) is 0 Å². The topological polar surface area (TPSA) is 46.5 Å². The molecule has 3 saturated carbocycles. The maximum absolute atomic E-state index is 11.0. The maximum Gasteiger partial charge on any atom is 0.315 e. The van der Waals surface area contributed by atoms with Gasteiger partial charge in [-0.15, -0.1) is 11.8 Å². The molecule has 3 aliphatic carbocycles. The monoisotopic (exact) mass is 258 g/mol. The van der Waals surface area contributed by atoms with Gasteiger partial charge in [-0.3, -0.25) is 4.79 Å². The SMILES string of the molecule is COC(=O)CSCC1[C@@H](O)C[C@H]2C[C@@H]1C2(C)C. The van der Waals surface area contributed by atoms with Gasteiger partial charge in [-0.25, -0.2) is 0 Å². The van der Waals surface area contributed by atoms with E-state index in [9.17, 15) is 9.90 Å². The van der Waals surface area contributed by atoms with Gasteiger partial charge in [0.1, 0.15) is 0 Å². The first kappa shape index (κ1) is 13.2. The average Bonchev–Trinajstić information content (AvgIpc) is 2.30. The molecule has 17 heavy (non-hydrogen) atoms. The highest BCUT2D eigenvalue weighted by atomic mass is 32.2. The number of aliphatic hydroxyl groups excluding tert-OH is 1. The van der Waals surface area contributed by atoms with Crippen LogP contribution >= 0.6 is 11.8 Å². The maximum atomic E-state index is 11.0. The molecule has 1 N–H and O–H groups in total. The second-order valence-electron chi connectivity index (χ2n) is 5.92. The van der Waals surface area contributed by atoms with Gasteiger partial charge in [-0.05, 0) is 41.8 Å². The number of methoxy groups -OCH3 is 1. The third-order valence-corrected chi connectivity index (χ3v) is 5.90. The third-order valence-electron chi connectivity index (χ3n) is 4.84. The van der Waals surface area contributed by atoms with E-state index in [0.717, 1.165) is 12.2 Å². The molecule has 0 spiro atoms. The summed E-state index contributed by atoms with van der Waals surface area (Å²) in [5.74, 6) is 2.77. The normalized spacial score (nSPS) is 38.4. The predicted molar refractivity (Wildman–Crippen MR) is 68.8 cm³/mol. The van der Waals surface area contributed by atoms with Crippen molar-refractivity contribution < 1.29 is 14.6 Å². The van der Waals surface area contributed by atoms with Gasteiger partial charge in [-0.2, -0.15) is 0 Å². The number of hydrogen-bond donors (Lipinski definition) is 1. The number of aliphatic hydroxyl groups is 1. The van der Waals surface area contributed by atoms with Crippen LogP contribution in [0.1, 0.15) is 26.7 Å². The molecular weight excluding hydrogens is 236 g/mol. The predicted octanol–water partition coefficient (Wildman–Crippen LogP) is 1.94. The number of rotatable bonds is 4. The smallest absolute Gasteiger partial charge is 0.315 e. The molecule has 0 aromatic carbocycles. The molecule has 1 unspecified atom stereocenters. The van der Waals surface area contributed by atoms with Crippen LogP contribution in [-0.2, 0) is 9.53 Å². The van der Waals surface area contributed by atoms with Crippen molar-refractivity contribution in [1.29, 1.82) is 0 Å². The van der Waals surface area contributed by atoms with Gasteiger partial charge in [0.2, 0.25) is 0 Å². The summed E-state index contributed by atoms with van der Waals surface area (Å²) in [6.07, 6.45) is 2.03. The second kappa shape index (κ2) is 4.81. The van der Waals surface area contributed by atoms with E-state index in [1.54, 1.807) is 11.8 Å². The highest BCUT2D eigenvalue weighted by molar-refractivity contribution is 7.99. The first-order chi connectivity index (χ1) is 7.96. The molecule has 0 saturated heterocycles. The number of carbonyl (C=O) groups is 1. The molecule has 0 aromatic rings. The third kappa shape index (κ3) is 2.34. The van der Waals surface area contributed by atoms with E-state index in [1.807, 2.05) is 0 Å². The molecule has 3 fully saturated rings. The molecular formula is C13H22O3S. The van der Waals surface area contributed by atoms with Crippen molar-refractivity contribution in [3.8, 4) is 0 Å². The molecule has 0 heterocycles. The Morgan fingerprint density at radius 2 is 2.18 bits per heavy atom.